The number of carbonyl (C=O) groups excluding carboxylic acids is 1. The van der Waals surface area contributed by atoms with Gasteiger partial charge in [-0.05, 0) is 46.1 Å². The highest BCUT2D eigenvalue weighted by atomic mass is 32.2. The molecule has 0 saturated carbocycles. The van der Waals surface area contributed by atoms with Crippen molar-refractivity contribution in [1.29, 1.82) is 0 Å². The molecule has 6 nitrogen and oxygen atoms in total. The van der Waals surface area contributed by atoms with Gasteiger partial charge in [0.05, 0.1) is 0 Å². The molecule has 0 aliphatic carbocycles. The molecular weight excluding hydrogens is 342 g/mol. The van der Waals surface area contributed by atoms with Gasteiger partial charge in [0.15, 0.2) is 0 Å². The van der Waals surface area contributed by atoms with Crippen LogP contribution in [0.4, 0.5) is 4.79 Å². The molecule has 2 rings (SSSR count). The highest BCUT2D eigenvalue weighted by Crippen LogP contribution is 2.34. The molecule has 1 aromatic carbocycles. The van der Waals surface area contributed by atoms with E-state index >= 15 is 0 Å². The lowest BCUT2D eigenvalue weighted by molar-refractivity contribution is 0.00651. The van der Waals surface area contributed by atoms with Crippen molar-refractivity contribution in [2.75, 3.05) is 13.1 Å². The second kappa shape index (κ2) is 8.29. The zero-order valence-corrected chi connectivity index (χ0v) is 16.0. The normalized spacial score (nSPS) is 20.8. The van der Waals surface area contributed by atoms with Crippen molar-refractivity contribution in [3.63, 3.8) is 0 Å². The van der Waals surface area contributed by atoms with E-state index in [9.17, 15) is 13.6 Å². The van der Waals surface area contributed by atoms with Gasteiger partial charge in [-0.25, -0.2) is 4.79 Å². The van der Waals surface area contributed by atoms with Gasteiger partial charge < -0.3 is 9.64 Å². The van der Waals surface area contributed by atoms with Crippen molar-refractivity contribution in [3.05, 3.63) is 35.4 Å². The van der Waals surface area contributed by atoms with Gasteiger partial charge in [0.1, 0.15) is 11.7 Å². The van der Waals surface area contributed by atoms with E-state index in [1.165, 1.54) is 0 Å². The third kappa shape index (κ3) is 6.09. The number of piperidine rings is 1. The average Bonchev–Trinajstić information content (AvgIpc) is 2.52. The summed E-state index contributed by atoms with van der Waals surface area (Å²) in [5.74, 6) is -0.0694. The lowest BCUT2D eigenvalue weighted by atomic mass is 9.88. The summed E-state index contributed by atoms with van der Waals surface area (Å²) < 4.78 is 31.3. The number of aryl methyl sites for hydroxylation is 1. The summed E-state index contributed by atoms with van der Waals surface area (Å²) in [6, 6.07) is 7.69. The van der Waals surface area contributed by atoms with Crippen molar-refractivity contribution < 1.29 is 22.5 Å². The molecule has 1 aliphatic heterocycles. The summed E-state index contributed by atoms with van der Waals surface area (Å²) >= 11 is -2.38. The van der Waals surface area contributed by atoms with Gasteiger partial charge in [0.25, 0.3) is 0 Å². The number of hydrogen-bond donors (Lipinski definition) is 1. The predicted octanol–water partition coefficient (Wildman–Crippen LogP) is 3.84. The zero-order valence-electron chi connectivity index (χ0n) is 15.2. The molecule has 1 fully saturated rings. The Labute approximate surface area is 152 Å². The maximum Gasteiger partial charge on any atom is 0.410 e. The van der Waals surface area contributed by atoms with Gasteiger partial charge in [-0.1, -0.05) is 29.8 Å². The van der Waals surface area contributed by atoms with Gasteiger partial charge >= 0.3 is 17.5 Å². The van der Waals surface area contributed by atoms with E-state index in [0.29, 0.717) is 13.1 Å². The van der Waals surface area contributed by atoms with Crippen LogP contribution in [0.1, 0.15) is 50.8 Å². The molecule has 1 heterocycles. The molecular formula is C18H27NO5S. The second-order valence-corrected chi connectivity index (χ2v) is 8.10. The van der Waals surface area contributed by atoms with E-state index in [1.807, 2.05) is 52.0 Å². The Bertz CT molecular complexity index is 611. The molecule has 3 unspecified atom stereocenters. The van der Waals surface area contributed by atoms with Gasteiger partial charge in [0.2, 0.25) is 0 Å². The largest absolute Gasteiger partial charge is 0.444 e. The first-order valence-corrected chi connectivity index (χ1v) is 9.51. The van der Waals surface area contributed by atoms with Crippen LogP contribution in [-0.2, 0) is 20.3 Å². The molecule has 0 spiro atoms. The quantitative estimate of drug-likeness (QED) is 0.816. The molecule has 1 N–H and O–H groups in total. The molecule has 7 heteroatoms. The number of amides is 1. The van der Waals surface area contributed by atoms with E-state index in [0.717, 1.165) is 24.0 Å². The number of carbonyl (C=O) groups is 1. The third-order valence-corrected chi connectivity index (χ3v) is 4.50. The fraction of sp³-hybridized carbons (Fsp3) is 0.611. The molecule has 25 heavy (non-hydrogen) atoms. The predicted molar refractivity (Wildman–Crippen MR) is 96.3 cm³/mol. The van der Waals surface area contributed by atoms with Gasteiger partial charge in [-0.15, -0.1) is 0 Å². The van der Waals surface area contributed by atoms with E-state index in [1.54, 1.807) is 4.90 Å². The molecule has 1 aliphatic rings. The van der Waals surface area contributed by atoms with Crippen LogP contribution in [0.15, 0.2) is 24.3 Å². The Kier molecular flexibility index (Phi) is 6.59. The van der Waals surface area contributed by atoms with Crippen LogP contribution in [0.5, 0.6) is 0 Å². The summed E-state index contributed by atoms with van der Waals surface area (Å²) in [6.45, 7) is 8.53. The highest BCUT2D eigenvalue weighted by Gasteiger charge is 2.34. The minimum Gasteiger partial charge on any atom is -0.444 e. The molecule has 0 bridgehead atoms. The van der Waals surface area contributed by atoms with Crippen LogP contribution in [0, 0.1) is 12.8 Å². The van der Waals surface area contributed by atoms with Crippen molar-refractivity contribution in [2.24, 2.45) is 5.92 Å². The summed E-state index contributed by atoms with van der Waals surface area (Å²) in [5.41, 5.74) is 1.39. The molecule has 1 amide bonds. The van der Waals surface area contributed by atoms with E-state index < -0.39 is 23.1 Å². The van der Waals surface area contributed by atoms with Crippen LogP contribution in [-0.4, -0.2) is 38.4 Å². The monoisotopic (exact) mass is 369 g/mol. The first-order chi connectivity index (χ1) is 11.7. The number of hydrogen-bond acceptors (Lipinski definition) is 4. The first-order valence-electron chi connectivity index (χ1n) is 8.48. The average molecular weight is 369 g/mol. The summed E-state index contributed by atoms with van der Waals surface area (Å²) in [4.78, 5) is 14.0. The Hall–Kier alpha value is -1.44. The van der Waals surface area contributed by atoms with Crippen molar-refractivity contribution >= 4 is 17.5 Å². The fourth-order valence-electron chi connectivity index (χ4n) is 3.00. The lowest BCUT2D eigenvalue weighted by Crippen LogP contribution is -2.44. The number of rotatable bonds is 4. The Morgan fingerprint density at radius 2 is 1.96 bits per heavy atom. The SMILES string of the molecule is Cc1ccc(C(OS(=O)O)C2CCCN(C(=O)OC(C)(C)C)C2)cc1. The third-order valence-electron chi connectivity index (χ3n) is 4.13. The van der Waals surface area contributed by atoms with Crippen molar-refractivity contribution in [2.45, 2.75) is 52.2 Å². The standard InChI is InChI=1S/C18H27NO5S/c1-13-7-9-14(10-8-13)16(24-25(21)22)15-6-5-11-19(12-15)17(20)23-18(2,3)4/h7-10,15-16H,5-6,11-12H2,1-4H3,(H,21,22). The minimum absolute atomic E-state index is 0.0694. The number of benzene rings is 1. The molecule has 0 aromatic heterocycles. The molecule has 1 aromatic rings. The summed E-state index contributed by atoms with van der Waals surface area (Å²) in [6.07, 6.45) is 0.713. The Morgan fingerprint density at radius 1 is 1.32 bits per heavy atom. The van der Waals surface area contributed by atoms with Gasteiger partial charge in [-0.2, -0.15) is 4.21 Å². The smallest absolute Gasteiger partial charge is 0.410 e. The van der Waals surface area contributed by atoms with E-state index in [-0.39, 0.29) is 12.0 Å². The number of ether oxygens (including phenoxy) is 1. The molecule has 140 valence electrons. The van der Waals surface area contributed by atoms with Crippen LogP contribution in [0.25, 0.3) is 0 Å². The van der Waals surface area contributed by atoms with Crippen LogP contribution in [0.2, 0.25) is 0 Å². The van der Waals surface area contributed by atoms with Crippen molar-refractivity contribution in [1.82, 2.24) is 4.90 Å². The Morgan fingerprint density at radius 3 is 2.52 bits per heavy atom. The first kappa shape index (κ1) is 19.9. The molecule has 0 radical (unpaired) electrons. The number of likely N-dealkylation sites (tertiary alicyclic amines) is 1. The van der Waals surface area contributed by atoms with Gasteiger partial charge in [0, 0.05) is 19.0 Å². The van der Waals surface area contributed by atoms with Crippen LogP contribution < -0.4 is 0 Å². The Balaban J connectivity index is 2.15. The molecule has 1 saturated heterocycles. The summed E-state index contributed by atoms with van der Waals surface area (Å²) in [5, 5.41) is 0. The second-order valence-electron chi connectivity index (χ2n) is 7.47. The zero-order chi connectivity index (χ0) is 18.6. The maximum atomic E-state index is 12.3. The number of nitrogens with zero attached hydrogens (tertiary/aromatic N) is 1. The topological polar surface area (TPSA) is 76.1 Å². The maximum absolute atomic E-state index is 12.3. The minimum atomic E-state index is -2.38. The van der Waals surface area contributed by atoms with Crippen LogP contribution in [0.3, 0.4) is 0 Å². The van der Waals surface area contributed by atoms with Gasteiger partial charge in [-0.3, -0.25) is 8.74 Å². The van der Waals surface area contributed by atoms with E-state index in [4.69, 9.17) is 8.92 Å². The fourth-order valence-corrected chi connectivity index (χ4v) is 3.45. The van der Waals surface area contributed by atoms with Crippen molar-refractivity contribution in [3.8, 4) is 0 Å². The summed E-state index contributed by atoms with van der Waals surface area (Å²) in [7, 11) is 0. The van der Waals surface area contributed by atoms with Crippen LogP contribution >= 0.6 is 0 Å². The highest BCUT2D eigenvalue weighted by molar-refractivity contribution is 7.74. The van der Waals surface area contributed by atoms with E-state index in [2.05, 4.69) is 0 Å². The lowest BCUT2D eigenvalue weighted by Gasteiger charge is -2.37. The molecule has 3 atom stereocenters.